The summed E-state index contributed by atoms with van der Waals surface area (Å²) < 4.78 is 2.05. The molecule has 1 aliphatic rings. The van der Waals surface area contributed by atoms with E-state index >= 15 is 0 Å². The van der Waals surface area contributed by atoms with Crippen molar-refractivity contribution in [2.45, 2.75) is 10.6 Å². The van der Waals surface area contributed by atoms with Gasteiger partial charge in [-0.1, -0.05) is 36.4 Å². The zero-order chi connectivity index (χ0) is 16.1. The number of thioether (sulfide) groups is 1. The molecule has 0 radical (unpaired) electrons. The second-order valence-electron chi connectivity index (χ2n) is 5.75. The first kappa shape index (κ1) is 13.6. The molecule has 0 saturated carbocycles. The second kappa shape index (κ2) is 5.11. The maximum absolute atomic E-state index is 10.5. The van der Waals surface area contributed by atoms with Crippen LogP contribution >= 0.6 is 11.8 Å². The summed E-state index contributed by atoms with van der Waals surface area (Å²) in [6.07, 6.45) is 0. The van der Waals surface area contributed by atoms with Crippen LogP contribution in [0, 0.1) is 0 Å². The second-order valence-corrected chi connectivity index (χ2v) is 6.77. The van der Waals surface area contributed by atoms with Crippen LogP contribution in [0.4, 0.5) is 0 Å². The van der Waals surface area contributed by atoms with Crippen LogP contribution in [0.5, 0.6) is 5.75 Å². The van der Waals surface area contributed by atoms with Crippen LogP contribution in [-0.4, -0.2) is 19.9 Å². The quantitative estimate of drug-likeness (QED) is 0.562. The van der Waals surface area contributed by atoms with Crippen molar-refractivity contribution in [3.8, 4) is 22.8 Å². The van der Waals surface area contributed by atoms with E-state index in [2.05, 4.69) is 26.9 Å². The Balaban J connectivity index is 1.79. The first-order chi connectivity index (χ1) is 11.8. The number of benzene rings is 3. The van der Waals surface area contributed by atoms with Gasteiger partial charge in [-0.05, 0) is 35.0 Å². The van der Waals surface area contributed by atoms with Gasteiger partial charge in [0.05, 0.1) is 17.0 Å². The van der Waals surface area contributed by atoms with Gasteiger partial charge >= 0.3 is 0 Å². The molecule has 0 spiro atoms. The van der Waals surface area contributed by atoms with Gasteiger partial charge in [-0.25, -0.2) is 0 Å². The number of aromatic nitrogens is 3. The van der Waals surface area contributed by atoms with Crippen molar-refractivity contribution in [1.29, 1.82) is 0 Å². The lowest BCUT2D eigenvalue weighted by atomic mass is 10.1. The molecule has 1 aromatic heterocycles. The molecule has 1 aliphatic heterocycles. The van der Waals surface area contributed by atoms with Crippen LogP contribution in [0.15, 0.2) is 65.6 Å². The zero-order valence-electron chi connectivity index (χ0n) is 12.7. The van der Waals surface area contributed by atoms with E-state index in [9.17, 15) is 5.11 Å². The molecule has 4 aromatic rings. The van der Waals surface area contributed by atoms with Crippen LogP contribution in [0.25, 0.3) is 27.8 Å². The SMILES string of the molecule is Oc1cc2ccccc2cc1-c1nnc2n1-c1ccccc1SC2. The highest BCUT2D eigenvalue weighted by Gasteiger charge is 2.23. The molecular weight excluding hydrogens is 318 g/mol. The molecule has 0 amide bonds. The average molecular weight is 331 g/mol. The molecule has 0 aliphatic carbocycles. The molecule has 5 heteroatoms. The summed E-state index contributed by atoms with van der Waals surface area (Å²) in [5.41, 5.74) is 1.77. The first-order valence-electron chi connectivity index (χ1n) is 7.70. The van der Waals surface area contributed by atoms with Gasteiger partial charge in [-0.15, -0.1) is 22.0 Å². The number of phenolic OH excluding ortho intramolecular Hbond substituents is 1. The fraction of sp³-hybridized carbons (Fsp3) is 0.0526. The maximum Gasteiger partial charge on any atom is 0.172 e. The Kier molecular flexibility index (Phi) is 2.90. The zero-order valence-corrected chi connectivity index (χ0v) is 13.5. The number of fused-ring (bicyclic) bond motifs is 4. The molecule has 0 atom stereocenters. The number of aromatic hydroxyl groups is 1. The molecule has 0 fully saturated rings. The van der Waals surface area contributed by atoms with E-state index in [1.165, 1.54) is 4.90 Å². The molecular formula is C19H13N3OS. The fourth-order valence-corrected chi connectivity index (χ4v) is 4.10. The topological polar surface area (TPSA) is 50.9 Å². The third-order valence-corrected chi connectivity index (χ3v) is 5.36. The third kappa shape index (κ3) is 1.95. The van der Waals surface area contributed by atoms with E-state index in [0.29, 0.717) is 11.4 Å². The van der Waals surface area contributed by atoms with Crippen LogP contribution in [0.2, 0.25) is 0 Å². The van der Waals surface area contributed by atoms with Crippen LogP contribution < -0.4 is 0 Å². The van der Waals surface area contributed by atoms with Crippen molar-refractivity contribution in [1.82, 2.24) is 14.8 Å². The van der Waals surface area contributed by atoms with E-state index in [0.717, 1.165) is 28.0 Å². The highest BCUT2D eigenvalue weighted by Crippen LogP contribution is 2.39. The predicted octanol–water partition coefficient (Wildman–Crippen LogP) is 4.40. The minimum atomic E-state index is 0.222. The standard InChI is InChI=1S/C19H13N3OS/c23-16-10-13-6-2-1-5-12(13)9-14(16)19-21-20-18-11-24-17-8-4-3-7-15(17)22(18)19/h1-10,23H,11H2. The number of para-hydroxylation sites is 1. The highest BCUT2D eigenvalue weighted by atomic mass is 32.2. The molecule has 4 nitrogen and oxygen atoms in total. The lowest BCUT2D eigenvalue weighted by Crippen LogP contribution is -2.07. The van der Waals surface area contributed by atoms with Gasteiger partial charge < -0.3 is 5.11 Å². The minimum absolute atomic E-state index is 0.222. The smallest absolute Gasteiger partial charge is 0.172 e. The number of phenols is 1. The Morgan fingerprint density at radius 2 is 1.67 bits per heavy atom. The maximum atomic E-state index is 10.5. The van der Waals surface area contributed by atoms with Crippen molar-refractivity contribution in [2.75, 3.05) is 0 Å². The normalized spacial score (nSPS) is 12.8. The molecule has 3 aromatic carbocycles. The van der Waals surface area contributed by atoms with E-state index < -0.39 is 0 Å². The minimum Gasteiger partial charge on any atom is -0.507 e. The Bertz CT molecular complexity index is 1090. The van der Waals surface area contributed by atoms with Crippen LogP contribution in [0.3, 0.4) is 0 Å². The van der Waals surface area contributed by atoms with Crippen molar-refractivity contribution < 1.29 is 5.11 Å². The summed E-state index contributed by atoms with van der Waals surface area (Å²) in [6.45, 7) is 0. The predicted molar refractivity (Wildman–Crippen MR) is 95.5 cm³/mol. The Hall–Kier alpha value is -2.79. The summed E-state index contributed by atoms with van der Waals surface area (Å²) in [4.78, 5) is 1.20. The third-order valence-electron chi connectivity index (χ3n) is 4.30. The van der Waals surface area contributed by atoms with Crippen molar-refractivity contribution in [3.63, 3.8) is 0 Å². The lowest BCUT2D eigenvalue weighted by molar-refractivity contribution is 0.477. The Morgan fingerprint density at radius 3 is 2.54 bits per heavy atom. The number of hydrogen-bond donors (Lipinski definition) is 1. The van der Waals surface area contributed by atoms with E-state index in [1.54, 1.807) is 17.8 Å². The summed E-state index contributed by atoms with van der Waals surface area (Å²) >= 11 is 1.76. The average Bonchev–Trinajstić information content (AvgIpc) is 3.05. The van der Waals surface area contributed by atoms with Crippen LogP contribution in [-0.2, 0) is 5.75 Å². The Morgan fingerprint density at radius 1 is 0.917 bits per heavy atom. The van der Waals surface area contributed by atoms with E-state index in [-0.39, 0.29) is 5.75 Å². The lowest BCUT2D eigenvalue weighted by Gasteiger charge is -2.19. The molecule has 5 rings (SSSR count). The molecule has 2 heterocycles. The highest BCUT2D eigenvalue weighted by molar-refractivity contribution is 7.98. The van der Waals surface area contributed by atoms with Gasteiger partial charge in [0.25, 0.3) is 0 Å². The summed E-state index contributed by atoms with van der Waals surface area (Å²) in [6, 6.07) is 20.0. The van der Waals surface area contributed by atoms with Gasteiger partial charge in [-0.2, -0.15) is 0 Å². The summed E-state index contributed by atoms with van der Waals surface area (Å²) in [7, 11) is 0. The summed E-state index contributed by atoms with van der Waals surface area (Å²) in [5.74, 6) is 2.58. The molecule has 116 valence electrons. The van der Waals surface area contributed by atoms with E-state index in [1.807, 2.05) is 42.5 Å². The summed E-state index contributed by atoms with van der Waals surface area (Å²) in [5, 5.41) is 21.3. The first-order valence-corrected chi connectivity index (χ1v) is 8.68. The molecule has 0 saturated heterocycles. The number of rotatable bonds is 1. The van der Waals surface area contributed by atoms with Crippen LogP contribution in [0.1, 0.15) is 5.82 Å². The van der Waals surface area contributed by atoms with Crippen molar-refractivity contribution in [3.05, 3.63) is 66.5 Å². The van der Waals surface area contributed by atoms with Crippen molar-refractivity contribution >= 4 is 22.5 Å². The van der Waals surface area contributed by atoms with E-state index in [4.69, 9.17) is 0 Å². The molecule has 0 bridgehead atoms. The molecule has 0 unspecified atom stereocenters. The fourth-order valence-electron chi connectivity index (χ4n) is 3.15. The van der Waals surface area contributed by atoms with Gasteiger partial charge in [-0.3, -0.25) is 4.57 Å². The Labute approximate surface area is 142 Å². The largest absolute Gasteiger partial charge is 0.507 e. The molecule has 24 heavy (non-hydrogen) atoms. The van der Waals surface area contributed by atoms with Gasteiger partial charge in [0.2, 0.25) is 0 Å². The monoisotopic (exact) mass is 331 g/mol. The van der Waals surface area contributed by atoms with Crippen molar-refractivity contribution in [2.24, 2.45) is 0 Å². The number of nitrogens with zero attached hydrogens (tertiary/aromatic N) is 3. The van der Waals surface area contributed by atoms with Gasteiger partial charge in [0.1, 0.15) is 11.6 Å². The van der Waals surface area contributed by atoms with Gasteiger partial charge in [0.15, 0.2) is 5.82 Å². The number of hydrogen-bond acceptors (Lipinski definition) is 4. The van der Waals surface area contributed by atoms with Gasteiger partial charge in [0, 0.05) is 4.90 Å². The molecule has 1 N–H and O–H groups in total.